The van der Waals surface area contributed by atoms with Gasteiger partial charge in [0.2, 0.25) is 0 Å². The first-order valence-electron chi connectivity index (χ1n) is 11.2. The van der Waals surface area contributed by atoms with Crippen molar-refractivity contribution in [3.8, 4) is 28.4 Å². The average molecular weight is 477 g/mol. The van der Waals surface area contributed by atoms with Gasteiger partial charge in [-0.15, -0.1) is 11.3 Å². The van der Waals surface area contributed by atoms with Gasteiger partial charge in [-0.3, -0.25) is 0 Å². The fourth-order valence-electron chi connectivity index (χ4n) is 4.46. The first-order chi connectivity index (χ1) is 16.6. The molecular formula is C26H28N4O3S. The van der Waals surface area contributed by atoms with E-state index >= 15 is 0 Å². The molecule has 0 unspecified atom stereocenters. The molecular weight excluding hydrogens is 448 g/mol. The number of benzene rings is 2. The van der Waals surface area contributed by atoms with Crippen molar-refractivity contribution in [3.63, 3.8) is 0 Å². The number of fused-ring (bicyclic) bond motifs is 1. The van der Waals surface area contributed by atoms with Crippen molar-refractivity contribution >= 4 is 33.1 Å². The molecule has 4 aromatic rings. The number of hydrogen-bond acceptors (Lipinski definition) is 8. The van der Waals surface area contributed by atoms with Gasteiger partial charge in [0.1, 0.15) is 22.2 Å². The van der Waals surface area contributed by atoms with Crippen molar-refractivity contribution in [2.24, 2.45) is 0 Å². The second kappa shape index (κ2) is 9.38. The van der Waals surface area contributed by atoms with Crippen LogP contribution in [0.4, 0.5) is 11.5 Å². The molecule has 7 nitrogen and oxygen atoms in total. The Labute approximate surface area is 203 Å². The fraction of sp³-hybridized carbons (Fsp3) is 0.308. The van der Waals surface area contributed by atoms with E-state index in [1.807, 2.05) is 31.2 Å². The molecule has 0 amide bonds. The molecule has 1 aliphatic heterocycles. The first kappa shape index (κ1) is 22.3. The molecule has 5 rings (SSSR count). The number of methoxy groups -OCH3 is 3. The lowest BCUT2D eigenvalue weighted by Crippen LogP contribution is -2.47. The van der Waals surface area contributed by atoms with Crippen LogP contribution in [-0.4, -0.2) is 57.5 Å². The summed E-state index contributed by atoms with van der Waals surface area (Å²) in [6.45, 7) is 5.54. The maximum Gasteiger partial charge on any atom is 0.161 e. The molecule has 0 spiro atoms. The van der Waals surface area contributed by atoms with Crippen LogP contribution in [0.1, 0.15) is 5.82 Å². The standard InChI is InChI=1S/C26H28N4O3S/c1-17-27-25(30-12-10-29(11-13-30)19-6-5-7-20(15-19)31-2)24-21(16-34-26(24)28-17)18-8-9-22(32-3)23(14-18)33-4/h5-9,14-16H,10-13H2,1-4H3. The minimum absolute atomic E-state index is 0.709. The highest BCUT2D eigenvalue weighted by Crippen LogP contribution is 2.41. The molecule has 0 bridgehead atoms. The lowest BCUT2D eigenvalue weighted by Gasteiger charge is -2.37. The summed E-state index contributed by atoms with van der Waals surface area (Å²) in [7, 11) is 5.01. The van der Waals surface area contributed by atoms with Crippen LogP contribution in [0.2, 0.25) is 0 Å². The zero-order chi connectivity index (χ0) is 23.7. The Morgan fingerprint density at radius 1 is 0.824 bits per heavy atom. The minimum Gasteiger partial charge on any atom is -0.497 e. The highest BCUT2D eigenvalue weighted by Gasteiger charge is 2.24. The Kier molecular flexibility index (Phi) is 6.15. The molecule has 1 aliphatic rings. The molecule has 176 valence electrons. The van der Waals surface area contributed by atoms with E-state index in [1.54, 1.807) is 32.7 Å². The second-order valence-corrected chi connectivity index (χ2v) is 9.03. The van der Waals surface area contributed by atoms with Crippen LogP contribution in [0, 0.1) is 6.92 Å². The van der Waals surface area contributed by atoms with Crippen LogP contribution in [0.25, 0.3) is 21.3 Å². The van der Waals surface area contributed by atoms with Gasteiger partial charge in [0, 0.05) is 48.9 Å². The second-order valence-electron chi connectivity index (χ2n) is 8.17. The van der Waals surface area contributed by atoms with Gasteiger partial charge in [0.05, 0.1) is 26.7 Å². The normalized spacial score (nSPS) is 13.9. The number of aromatic nitrogens is 2. The first-order valence-corrected chi connectivity index (χ1v) is 12.1. The van der Waals surface area contributed by atoms with Gasteiger partial charge in [-0.1, -0.05) is 12.1 Å². The third-order valence-corrected chi connectivity index (χ3v) is 7.09. The summed E-state index contributed by atoms with van der Waals surface area (Å²) in [5.74, 6) is 4.09. The van der Waals surface area contributed by atoms with Gasteiger partial charge >= 0.3 is 0 Å². The summed E-state index contributed by atoms with van der Waals surface area (Å²) in [6.07, 6.45) is 0. The summed E-state index contributed by atoms with van der Waals surface area (Å²) >= 11 is 1.65. The Morgan fingerprint density at radius 3 is 2.32 bits per heavy atom. The Hall–Kier alpha value is -3.52. The van der Waals surface area contributed by atoms with E-state index in [2.05, 4.69) is 33.4 Å². The van der Waals surface area contributed by atoms with E-state index < -0.39 is 0 Å². The quantitative estimate of drug-likeness (QED) is 0.387. The van der Waals surface area contributed by atoms with E-state index in [-0.39, 0.29) is 0 Å². The molecule has 0 saturated carbocycles. The third kappa shape index (κ3) is 4.09. The number of aryl methyl sites for hydroxylation is 1. The summed E-state index contributed by atoms with van der Waals surface area (Å²) in [4.78, 5) is 15.4. The van der Waals surface area contributed by atoms with E-state index in [9.17, 15) is 0 Å². The van der Waals surface area contributed by atoms with E-state index in [1.165, 1.54) is 5.69 Å². The van der Waals surface area contributed by atoms with E-state index in [0.717, 1.165) is 64.9 Å². The molecule has 2 aromatic carbocycles. The lowest BCUT2D eigenvalue weighted by atomic mass is 10.0. The number of piperazine rings is 1. The lowest BCUT2D eigenvalue weighted by molar-refractivity contribution is 0.355. The maximum atomic E-state index is 5.55. The van der Waals surface area contributed by atoms with E-state index in [0.29, 0.717) is 11.5 Å². The number of thiophene rings is 1. The zero-order valence-electron chi connectivity index (χ0n) is 19.9. The summed E-state index contributed by atoms with van der Waals surface area (Å²) in [5.41, 5.74) is 3.36. The Bertz CT molecular complexity index is 1310. The highest BCUT2D eigenvalue weighted by atomic mass is 32.1. The minimum atomic E-state index is 0.709. The number of nitrogens with zero attached hydrogens (tertiary/aromatic N) is 4. The summed E-state index contributed by atoms with van der Waals surface area (Å²) < 4.78 is 16.4. The molecule has 0 aliphatic carbocycles. The van der Waals surface area contributed by atoms with Gasteiger partial charge in [-0.25, -0.2) is 9.97 Å². The number of hydrogen-bond donors (Lipinski definition) is 0. The Balaban J connectivity index is 1.48. The van der Waals surface area contributed by atoms with Crippen LogP contribution >= 0.6 is 11.3 Å². The highest BCUT2D eigenvalue weighted by molar-refractivity contribution is 7.17. The largest absolute Gasteiger partial charge is 0.497 e. The van der Waals surface area contributed by atoms with Gasteiger partial charge < -0.3 is 24.0 Å². The molecule has 0 N–H and O–H groups in total. The molecule has 2 aromatic heterocycles. The van der Waals surface area contributed by atoms with Crippen molar-refractivity contribution in [3.05, 3.63) is 53.7 Å². The van der Waals surface area contributed by atoms with Crippen molar-refractivity contribution in [1.82, 2.24) is 9.97 Å². The van der Waals surface area contributed by atoms with E-state index in [4.69, 9.17) is 24.2 Å². The smallest absolute Gasteiger partial charge is 0.161 e. The van der Waals surface area contributed by atoms with Gasteiger partial charge in [0.15, 0.2) is 11.5 Å². The topological polar surface area (TPSA) is 60.0 Å². The molecule has 8 heteroatoms. The third-order valence-electron chi connectivity index (χ3n) is 6.22. The van der Waals surface area contributed by atoms with Crippen molar-refractivity contribution in [1.29, 1.82) is 0 Å². The van der Waals surface area contributed by atoms with Crippen LogP contribution in [0.15, 0.2) is 47.8 Å². The number of anilines is 2. The van der Waals surface area contributed by atoms with Crippen molar-refractivity contribution in [2.45, 2.75) is 6.92 Å². The molecule has 0 atom stereocenters. The molecule has 0 radical (unpaired) electrons. The number of rotatable bonds is 6. The van der Waals surface area contributed by atoms with Gasteiger partial charge in [-0.2, -0.15) is 0 Å². The molecule has 1 fully saturated rings. The van der Waals surface area contributed by atoms with Crippen LogP contribution < -0.4 is 24.0 Å². The Morgan fingerprint density at radius 2 is 1.59 bits per heavy atom. The fourth-order valence-corrected chi connectivity index (χ4v) is 5.44. The number of ether oxygens (including phenoxy) is 3. The SMILES string of the molecule is COc1cccc(N2CCN(c3nc(C)nc4scc(-c5ccc(OC)c(OC)c5)c34)CC2)c1. The van der Waals surface area contributed by atoms with Crippen LogP contribution in [0.5, 0.6) is 17.2 Å². The maximum absolute atomic E-state index is 5.55. The monoisotopic (exact) mass is 476 g/mol. The molecule has 34 heavy (non-hydrogen) atoms. The van der Waals surface area contributed by atoms with Crippen LogP contribution in [-0.2, 0) is 0 Å². The summed E-state index contributed by atoms with van der Waals surface area (Å²) in [5, 5.41) is 3.26. The summed E-state index contributed by atoms with van der Waals surface area (Å²) in [6, 6.07) is 14.3. The van der Waals surface area contributed by atoms with Gasteiger partial charge in [-0.05, 0) is 36.8 Å². The average Bonchev–Trinajstić information content (AvgIpc) is 3.31. The molecule has 3 heterocycles. The van der Waals surface area contributed by atoms with Gasteiger partial charge in [0.25, 0.3) is 0 Å². The zero-order valence-corrected chi connectivity index (χ0v) is 20.7. The van der Waals surface area contributed by atoms with Crippen molar-refractivity contribution < 1.29 is 14.2 Å². The van der Waals surface area contributed by atoms with Crippen molar-refractivity contribution in [2.75, 3.05) is 57.3 Å². The predicted octanol–water partition coefficient (Wildman–Crippen LogP) is 5.02. The molecule has 1 saturated heterocycles. The predicted molar refractivity (Wildman–Crippen MR) is 138 cm³/mol. The van der Waals surface area contributed by atoms with Crippen LogP contribution in [0.3, 0.4) is 0 Å².